The maximum atomic E-state index is 11.9. The minimum atomic E-state index is -0.100. The van der Waals surface area contributed by atoms with E-state index < -0.39 is 0 Å². The summed E-state index contributed by atoms with van der Waals surface area (Å²) in [6, 6.07) is 1.17. The molecule has 1 aliphatic rings. The first kappa shape index (κ1) is 21.7. The minimum Gasteiger partial charge on any atom is -0.355 e. The Kier molecular flexibility index (Phi) is 10.5. The Morgan fingerprint density at radius 2 is 1.60 bits per heavy atom. The van der Waals surface area contributed by atoms with Crippen LogP contribution < -0.4 is 16.0 Å². The zero-order chi connectivity index (χ0) is 18.7. The molecule has 3 N–H and O–H groups in total. The highest BCUT2D eigenvalue weighted by atomic mass is 16.2. The Balaban J connectivity index is 2.05. The molecule has 1 aliphatic carbocycles. The molecule has 1 fully saturated rings. The van der Waals surface area contributed by atoms with Gasteiger partial charge >= 0.3 is 6.03 Å². The number of rotatable bonds is 10. The smallest absolute Gasteiger partial charge is 0.315 e. The van der Waals surface area contributed by atoms with Crippen molar-refractivity contribution in [2.45, 2.75) is 90.8 Å². The maximum absolute atomic E-state index is 11.9. The Hall–Kier alpha value is -1.30. The summed E-state index contributed by atoms with van der Waals surface area (Å²) < 4.78 is 0. The van der Waals surface area contributed by atoms with E-state index in [-0.39, 0.29) is 11.9 Å². The first-order valence-corrected chi connectivity index (χ1v) is 9.97. The predicted octanol–water partition coefficient (Wildman–Crippen LogP) is 2.63. The fourth-order valence-electron chi connectivity index (χ4n) is 3.46. The average molecular weight is 355 g/mol. The van der Waals surface area contributed by atoms with Gasteiger partial charge in [0, 0.05) is 44.2 Å². The standard InChI is InChI=1S/C19H38N4O2/c1-15(2)23(16(3)4)14-13-20-18(24)11-8-12-21-19(25)22-17-9-6-5-7-10-17/h15-17H,5-14H2,1-4H3,(H,20,24)(H2,21,22,25). The lowest BCUT2D eigenvalue weighted by molar-refractivity contribution is -0.121. The molecule has 0 aromatic rings. The Bertz CT molecular complexity index is 385. The van der Waals surface area contributed by atoms with Gasteiger partial charge in [0.15, 0.2) is 0 Å². The summed E-state index contributed by atoms with van der Waals surface area (Å²) in [5, 5.41) is 8.84. The highest BCUT2D eigenvalue weighted by Crippen LogP contribution is 2.17. The summed E-state index contributed by atoms with van der Waals surface area (Å²) in [4.78, 5) is 26.0. The van der Waals surface area contributed by atoms with E-state index in [1.54, 1.807) is 0 Å². The molecule has 1 rings (SSSR count). The van der Waals surface area contributed by atoms with Crippen LogP contribution in [0.1, 0.15) is 72.6 Å². The Labute approximate surface area is 153 Å². The molecular weight excluding hydrogens is 316 g/mol. The van der Waals surface area contributed by atoms with Gasteiger partial charge in [-0.15, -0.1) is 0 Å². The summed E-state index contributed by atoms with van der Waals surface area (Å²) in [6.07, 6.45) is 6.97. The largest absolute Gasteiger partial charge is 0.355 e. The summed E-state index contributed by atoms with van der Waals surface area (Å²) in [5.74, 6) is 0.0574. The monoisotopic (exact) mass is 354 g/mol. The molecular formula is C19H38N4O2. The second-order valence-electron chi connectivity index (χ2n) is 7.61. The maximum Gasteiger partial charge on any atom is 0.315 e. The highest BCUT2D eigenvalue weighted by Gasteiger charge is 2.15. The quantitative estimate of drug-likeness (QED) is 0.528. The molecule has 0 aromatic heterocycles. The fraction of sp³-hybridized carbons (Fsp3) is 0.895. The lowest BCUT2D eigenvalue weighted by Crippen LogP contribution is -2.43. The highest BCUT2D eigenvalue weighted by molar-refractivity contribution is 5.76. The SMILES string of the molecule is CC(C)N(CCNC(=O)CCCNC(=O)NC1CCCCC1)C(C)C. The molecule has 3 amide bonds. The number of nitrogens with zero attached hydrogens (tertiary/aromatic N) is 1. The van der Waals surface area contributed by atoms with Crippen LogP contribution in [-0.4, -0.2) is 54.6 Å². The second kappa shape index (κ2) is 12.1. The summed E-state index contributed by atoms with van der Waals surface area (Å²) in [5.41, 5.74) is 0. The van der Waals surface area contributed by atoms with Gasteiger partial charge in [0.1, 0.15) is 0 Å². The van der Waals surface area contributed by atoms with Gasteiger partial charge in [-0.2, -0.15) is 0 Å². The Morgan fingerprint density at radius 1 is 0.960 bits per heavy atom. The number of nitrogens with one attached hydrogen (secondary N) is 3. The van der Waals surface area contributed by atoms with E-state index >= 15 is 0 Å². The molecule has 0 saturated heterocycles. The van der Waals surface area contributed by atoms with Crippen LogP contribution in [0.3, 0.4) is 0 Å². The van der Waals surface area contributed by atoms with Crippen molar-refractivity contribution in [1.82, 2.24) is 20.9 Å². The van der Waals surface area contributed by atoms with Crippen molar-refractivity contribution in [3.05, 3.63) is 0 Å². The number of hydrogen-bond donors (Lipinski definition) is 3. The van der Waals surface area contributed by atoms with Crippen LogP contribution in [0.15, 0.2) is 0 Å². The van der Waals surface area contributed by atoms with Crippen LogP contribution in [0.4, 0.5) is 4.79 Å². The summed E-state index contributed by atoms with van der Waals surface area (Å²) in [6.45, 7) is 10.8. The van der Waals surface area contributed by atoms with E-state index in [4.69, 9.17) is 0 Å². The van der Waals surface area contributed by atoms with Gasteiger partial charge in [0.2, 0.25) is 5.91 Å². The molecule has 0 heterocycles. The summed E-state index contributed by atoms with van der Waals surface area (Å²) >= 11 is 0. The summed E-state index contributed by atoms with van der Waals surface area (Å²) in [7, 11) is 0. The van der Waals surface area contributed by atoms with Gasteiger partial charge in [0.05, 0.1) is 0 Å². The molecule has 0 unspecified atom stereocenters. The van der Waals surface area contributed by atoms with E-state index in [0.717, 1.165) is 19.4 Å². The third kappa shape index (κ3) is 9.68. The van der Waals surface area contributed by atoms with E-state index in [1.807, 2.05) is 0 Å². The molecule has 6 heteroatoms. The normalized spacial score (nSPS) is 15.6. The van der Waals surface area contributed by atoms with Gasteiger partial charge in [-0.1, -0.05) is 19.3 Å². The molecule has 0 aromatic carbocycles. The van der Waals surface area contributed by atoms with E-state index in [1.165, 1.54) is 19.3 Å². The lowest BCUT2D eigenvalue weighted by Gasteiger charge is -2.30. The molecule has 0 radical (unpaired) electrons. The van der Waals surface area contributed by atoms with Crippen molar-refractivity contribution in [3.8, 4) is 0 Å². The first-order chi connectivity index (χ1) is 11.9. The van der Waals surface area contributed by atoms with Gasteiger partial charge in [-0.05, 0) is 47.0 Å². The van der Waals surface area contributed by atoms with Crippen molar-refractivity contribution < 1.29 is 9.59 Å². The Morgan fingerprint density at radius 3 is 2.20 bits per heavy atom. The predicted molar refractivity (Wildman–Crippen MR) is 103 cm³/mol. The van der Waals surface area contributed by atoms with Crippen molar-refractivity contribution >= 4 is 11.9 Å². The van der Waals surface area contributed by atoms with Crippen molar-refractivity contribution in [3.63, 3.8) is 0 Å². The molecule has 0 atom stereocenters. The van der Waals surface area contributed by atoms with Gasteiger partial charge in [0.25, 0.3) is 0 Å². The van der Waals surface area contributed by atoms with Crippen LogP contribution in [0.5, 0.6) is 0 Å². The molecule has 0 spiro atoms. The number of amides is 3. The third-order valence-corrected chi connectivity index (χ3v) is 4.83. The molecule has 1 saturated carbocycles. The zero-order valence-electron chi connectivity index (χ0n) is 16.6. The van der Waals surface area contributed by atoms with E-state index in [9.17, 15) is 9.59 Å². The van der Waals surface area contributed by atoms with Gasteiger partial charge in [-0.3, -0.25) is 9.69 Å². The molecule has 25 heavy (non-hydrogen) atoms. The molecule has 0 bridgehead atoms. The van der Waals surface area contributed by atoms with E-state index in [2.05, 4.69) is 48.5 Å². The van der Waals surface area contributed by atoms with Crippen LogP contribution >= 0.6 is 0 Å². The third-order valence-electron chi connectivity index (χ3n) is 4.83. The number of carbonyl (C=O) groups is 2. The van der Waals surface area contributed by atoms with Gasteiger partial charge < -0.3 is 16.0 Å². The zero-order valence-corrected chi connectivity index (χ0v) is 16.6. The van der Waals surface area contributed by atoms with Crippen LogP contribution in [0, 0.1) is 0 Å². The molecule has 146 valence electrons. The second-order valence-corrected chi connectivity index (χ2v) is 7.61. The van der Waals surface area contributed by atoms with Crippen molar-refractivity contribution in [2.75, 3.05) is 19.6 Å². The minimum absolute atomic E-state index is 0.0574. The van der Waals surface area contributed by atoms with Gasteiger partial charge in [-0.25, -0.2) is 4.79 Å². The van der Waals surface area contributed by atoms with Crippen LogP contribution in [0.2, 0.25) is 0 Å². The molecule has 0 aliphatic heterocycles. The number of urea groups is 1. The number of carbonyl (C=O) groups excluding carboxylic acids is 2. The van der Waals surface area contributed by atoms with E-state index in [0.29, 0.717) is 44.1 Å². The fourth-order valence-corrected chi connectivity index (χ4v) is 3.46. The average Bonchev–Trinajstić information content (AvgIpc) is 2.55. The van der Waals surface area contributed by atoms with Crippen molar-refractivity contribution in [1.29, 1.82) is 0 Å². The first-order valence-electron chi connectivity index (χ1n) is 9.97. The topological polar surface area (TPSA) is 73.5 Å². The molecule has 6 nitrogen and oxygen atoms in total. The van der Waals surface area contributed by atoms with Crippen LogP contribution in [0.25, 0.3) is 0 Å². The van der Waals surface area contributed by atoms with Crippen molar-refractivity contribution in [2.24, 2.45) is 0 Å². The number of hydrogen-bond acceptors (Lipinski definition) is 3. The lowest BCUT2D eigenvalue weighted by atomic mass is 9.96. The van der Waals surface area contributed by atoms with Crippen LogP contribution in [-0.2, 0) is 4.79 Å².